The van der Waals surface area contributed by atoms with E-state index in [0.29, 0.717) is 0 Å². The van der Waals surface area contributed by atoms with Gasteiger partial charge in [-0.1, -0.05) is 23.8 Å². The van der Waals surface area contributed by atoms with Gasteiger partial charge in [-0.3, -0.25) is 0 Å². The van der Waals surface area contributed by atoms with E-state index in [0.717, 1.165) is 5.82 Å². The number of benzene rings is 2. The molecule has 0 amide bonds. The number of fused-ring (bicyclic) bond motifs is 3. The van der Waals surface area contributed by atoms with E-state index < -0.39 is 4.87 Å². The van der Waals surface area contributed by atoms with Crippen LogP contribution in [-0.2, 0) is 0 Å². The van der Waals surface area contributed by atoms with E-state index in [4.69, 9.17) is 11.6 Å². The summed E-state index contributed by atoms with van der Waals surface area (Å²) in [6.45, 7) is 15.0. The van der Waals surface area contributed by atoms with Crippen LogP contribution in [0.25, 0.3) is 0 Å². The lowest BCUT2D eigenvalue weighted by Gasteiger charge is -2.40. The minimum Gasteiger partial charge on any atom is -0.339 e. The van der Waals surface area contributed by atoms with Crippen molar-refractivity contribution in [3.8, 4) is 0 Å². The Morgan fingerprint density at radius 2 is 1.37 bits per heavy atom. The highest BCUT2D eigenvalue weighted by Gasteiger charge is 2.47. The number of hydrogen-bond donors (Lipinski definition) is 1. The van der Waals surface area contributed by atoms with Gasteiger partial charge in [0.2, 0.25) is 0 Å². The topological polar surface area (TPSA) is 18.5 Å². The van der Waals surface area contributed by atoms with Gasteiger partial charge in [0.15, 0.2) is 0 Å². The summed E-state index contributed by atoms with van der Waals surface area (Å²) in [6.07, 6.45) is 2.21. The Hall–Kier alpha value is -2.13. The third kappa shape index (κ3) is 2.80. The molecule has 2 aliphatic rings. The van der Waals surface area contributed by atoms with Crippen LogP contribution < -0.4 is 15.1 Å². The quantitative estimate of drug-likeness (QED) is 0.632. The zero-order chi connectivity index (χ0) is 19.7. The van der Waals surface area contributed by atoms with Crippen LogP contribution in [0.1, 0.15) is 41.7 Å². The fourth-order valence-electron chi connectivity index (χ4n) is 4.77. The molecule has 2 aromatic rings. The van der Waals surface area contributed by atoms with Gasteiger partial charge in [0.1, 0.15) is 12.0 Å². The molecular weight excluding hydrogens is 354 g/mol. The monoisotopic (exact) mass is 381 g/mol. The molecule has 0 aromatic heterocycles. The highest BCUT2D eigenvalue weighted by atomic mass is 35.5. The molecule has 0 radical (unpaired) electrons. The number of alkyl halides is 1. The number of hydrogen-bond acceptors (Lipinski definition) is 3. The second kappa shape index (κ2) is 5.93. The normalized spacial score (nSPS) is 18.4. The first-order valence-corrected chi connectivity index (χ1v) is 9.90. The van der Waals surface area contributed by atoms with Gasteiger partial charge in [-0.2, -0.15) is 0 Å². The average Bonchev–Trinajstić information content (AvgIpc) is 2.99. The minimum absolute atomic E-state index is 0.00979. The van der Waals surface area contributed by atoms with E-state index in [1.54, 1.807) is 0 Å². The van der Waals surface area contributed by atoms with Gasteiger partial charge < -0.3 is 15.1 Å². The van der Waals surface area contributed by atoms with Gasteiger partial charge in [0.25, 0.3) is 0 Å². The molecule has 1 atom stereocenters. The molecule has 2 heterocycles. The Bertz CT molecular complexity index is 945. The average molecular weight is 382 g/mol. The van der Waals surface area contributed by atoms with Gasteiger partial charge in [0, 0.05) is 11.9 Å². The highest BCUT2D eigenvalue weighted by molar-refractivity contribution is 6.24. The lowest BCUT2D eigenvalue weighted by atomic mass is 10.0. The van der Waals surface area contributed by atoms with Crippen LogP contribution in [0.5, 0.6) is 0 Å². The lowest BCUT2D eigenvalue weighted by Crippen LogP contribution is -2.51. The summed E-state index contributed by atoms with van der Waals surface area (Å²) < 4.78 is 0. The van der Waals surface area contributed by atoms with Gasteiger partial charge in [-0.25, -0.2) is 0 Å². The van der Waals surface area contributed by atoms with Crippen LogP contribution >= 0.6 is 11.6 Å². The van der Waals surface area contributed by atoms with Crippen molar-refractivity contribution in [1.29, 1.82) is 0 Å². The molecule has 142 valence electrons. The number of anilines is 3. The fourth-order valence-corrected chi connectivity index (χ4v) is 4.98. The lowest BCUT2D eigenvalue weighted by molar-refractivity contribution is 0.533. The van der Waals surface area contributed by atoms with Crippen LogP contribution in [0.15, 0.2) is 36.3 Å². The number of aryl methyl sites for hydroxylation is 5. The molecule has 4 heteroatoms. The zero-order valence-corrected chi connectivity index (χ0v) is 18.0. The van der Waals surface area contributed by atoms with E-state index in [1.807, 2.05) is 0 Å². The number of nitrogens with one attached hydrogen (secondary N) is 1. The minimum atomic E-state index is -0.456. The molecule has 0 aliphatic carbocycles. The second-order valence-corrected chi connectivity index (χ2v) is 9.55. The van der Waals surface area contributed by atoms with Gasteiger partial charge in [0.05, 0.1) is 16.2 Å². The summed E-state index contributed by atoms with van der Waals surface area (Å²) in [4.78, 5) is 4.26. The first-order chi connectivity index (χ1) is 12.6. The maximum absolute atomic E-state index is 6.99. The number of nitrogens with zero attached hydrogens (tertiary/aromatic N) is 2. The van der Waals surface area contributed by atoms with Crippen molar-refractivity contribution in [2.45, 2.75) is 59.5 Å². The SMILES string of the molecule is Cc1cc(C)c(N2C=C3Nc4cc(C)cc(C)c4N3C2C(C)(C)Cl)c(C)c1. The Labute approximate surface area is 167 Å². The van der Waals surface area contributed by atoms with Crippen molar-refractivity contribution in [3.05, 3.63) is 64.1 Å². The Morgan fingerprint density at radius 1 is 0.852 bits per heavy atom. The predicted octanol–water partition coefficient (Wildman–Crippen LogP) is 6.12. The van der Waals surface area contributed by atoms with Crippen molar-refractivity contribution >= 4 is 28.7 Å². The standard InChI is InChI=1S/C23H28ClN3/c1-13-8-15(3)20(16(4)9-13)26-12-19-25-18-11-14(2)10-17(5)21(18)27(19)22(26)23(6,7)24/h8-12,22,25H,1-7H3. The van der Waals surface area contributed by atoms with E-state index in [1.165, 1.54) is 44.9 Å². The molecule has 1 unspecified atom stereocenters. The number of rotatable bonds is 2. The van der Waals surface area contributed by atoms with Crippen LogP contribution in [0.3, 0.4) is 0 Å². The van der Waals surface area contributed by atoms with Gasteiger partial charge in [-0.05, 0) is 76.8 Å². The molecule has 27 heavy (non-hydrogen) atoms. The first kappa shape index (κ1) is 18.2. The molecule has 0 saturated heterocycles. The Morgan fingerprint density at radius 3 is 1.93 bits per heavy atom. The maximum Gasteiger partial charge on any atom is 0.131 e. The largest absolute Gasteiger partial charge is 0.339 e. The van der Waals surface area contributed by atoms with E-state index in [9.17, 15) is 0 Å². The maximum atomic E-state index is 6.99. The summed E-state index contributed by atoms with van der Waals surface area (Å²) in [7, 11) is 0. The van der Waals surface area contributed by atoms with E-state index in [2.05, 4.69) is 94.0 Å². The third-order valence-corrected chi connectivity index (χ3v) is 5.68. The molecule has 1 N–H and O–H groups in total. The van der Waals surface area contributed by atoms with Crippen molar-refractivity contribution in [2.24, 2.45) is 0 Å². The molecule has 0 spiro atoms. The Balaban J connectivity index is 1.90. The fraction of sp³-hybridized carbons (Fsp3) is 0.391. The molecule has 2 aliphatic heterocycles. The van der Waals surface area contributed by atoms with Crippen molar-refractivity contribution < 1.29 is 0 Å². The summed E-state index contributed by atoms with van der Waals surface area (Å²) in [5.41, 5.74) is 10.0. The second-order valence-electron chi connectivity index (χ2n) is 8.58. The van der Waals surface area contributed by atoms with Gasteiger partial charge in [-0.15, -0.1) is 11.6 Å². The van der Waals surface area contributed by atoms with Crippen LogP contribution in [-0.4, -0.2) is 11.0 Å². The van der Waals surface area contributed by atoms with E-state index in [-0.39, 0.29) is 6.17 Å². The Kier molecular flexibility index (Phi) is 4.01. The van der Waals surface area contributed by atoms with Crippen LogP contribution in [0, 0.1) is 34.6 Å². The zero-order valence-electron chi connectivity index (χ0n) is 17.2. The first-order valence-electron chi connectivity index (χ1n) is 9.52. The number of halogens is 1. The summed E-state index contributed by atoms with van der Waals surface area (Å²) in [6, 6.07) is 8.95. The summed E-state index contributed by atoms with van der Waals surface area (Å²) >= 11 is 6.99. The summed E-state index contributed by atoms with van der Waals surface area (Å²) in [5, 5.41) is 3.62. The molecule has 0 saturated carbocycles. The smallest absolute Gasteiger partial charge is 0.131 e. The summed E-state index contributed by atoms with van der Waals surface area (Å²) in [5.74, 6) is 1.09. The van der Waals surface area contributed by atoms with Gasteiger partial charge >= 0.3 is 0 Å². The van der Waals surface area contributed by atoms with E-state index >= 15 is 0 Å². The molecule has 2 aromatic carbocycles. The molecular formula is C23H28ClN3. The van der Waals surface area contributed by atoms with Crippen LogP contribution in [0.4, 0.5) is 17.1 Å². The molecule has 4 rings (SSSR count). The highest BCUT2D eigenvalue weighted by Crippen LogP contribution is 2.49. The third-order valence-electron chi connectivity index (χ3n) is 5.49. The molecule has 3 nitrogen and oxygen atoms in total. The predicted molar refractivity (Wildman–Crippen MR) is 117 cm³/mol. The molecule has 0 fully saturated rings. The van der Waals surface area contributed by atoms with Crippen molar-refractivity contribution in [1.82, 2.24) is 0 Å². The van der Waals surface area contributed by atoms with Crippen LogP contribution in [0.2, 0.25) is 0 Å². The van der Waals surface area contributed by atoms with Crippen molar-refractivity contribution in [3.63, 3.8) is 0 Å². The molecule has 0 bridgehead atoms. The van der Waals surface area contributed by atoms with Crippen molar-refractivity contribution in [2.75, 3.05) is 15.1 Å².